The van der Waals surface area contributed by atoms with Gasteiger partial charge in [0.05, 0.1) is 12.5 Å². The highest BCUT2D eigenvalue weighted by atomic mass is 16.3. The minimum atomic E-state index is -0.117. The number of hydrogen-bond acceptors (Lipinski definition) is 4. The Bertz CT molecular complexity index is 722. The van der Waals surface area contributed by atoms with Gasteiger partial charge in [0.2, 0.25) is 0 Å². The van der Waals surface area contributed by atoms with Gasteiger partial charge in [-0.25, -0.2) is 0 Å². The van der Waals surface area contributed by atoms with Crippen molar-refractivity contribution in [3.63, 3.8) is 0 Å². The molecule has 2 aliphatic carbocycles. The SMILES string of the molecule is O=C1/C(=C\c2ccco2)C[C@@H]2C[C@H]1C/C(=C\c1ccco1)C2=O. The summed E-state index contributed by atoms with van der Waals surface area (Å²) in [7, 11) is 0. The molecule has 2 aromatic rings. The largest absolute Gasteiger partial charge is 0.465 e. The molecule has 0 radical (unpaired) electrons. The van der Waals surface area contributed by atoms with Gasteiger partial charge in [0.1, 0.15) is 11.5 Å². The van der Waals surface area contributed by atoms with Crippen molar-refractivity contribution in [2.45, 2.75) is 19.3 Å². The molecule has 0 amide bonds. The van der Waals surface area contributed by atoms with Crippen molar-refractivity contribution in [3.8, 4) is 0 Å². The fraction of sp³-hybridized carbons (Fsp3) is 0.263. The van der Waals surface area contributed by atoms with Crippen molar-refractivity contribution in [2.24, 2.45) is 11.8 Å². The summed E-state index contributed by atoms with van der Waals surface area (Å²) in [6.45, 7) is 0. The van der Waals surface area contributed by atoms with E-state index in [2.05, 4.69) is 0 Å². The monoisotopic (exact) mass is 308 g/mol. The second-order valence-electron chi connectivity index (χ2n) is 6.14. The highest BCUT2D eigenvalue weighted by Crippen LogP contribution is 2.41. The minimum absolute atomic E-state index is 0.117. The number of fused-ring (bicyclic) bond motifs is 2. The lowest BCUT2D eigenvalue weighted by Crippen LogP contribution is -2.37. The number of hydrogen-bond donors (Lipinski definition) is 0. The van der Waals surface area contributed by atoms with Crippen LogP contribution in [0.15, 0.2) is 56.8 Å². The van der Waals surface area contributed by atoms with E-state index in [1.807, 2.05) is 12.1 Å². The summed E-state index contributed by atoms with van der Waals surface area (Å²) in [6.07, 6.45) is 8.34. The summed E-state index contributed by atoms with van der Waals surface area (Å²) in [5.41, 5.74) is 1.40. The Kier molecular flexibility index (Phi) is 3.37. The Morgan fingerprint density at radius 3 is 1.70 bits per heavy atom. The van der Waals surface area contributed by atoms with Crippen molar-refractivity contribution >= 4 is 23.7 Å². The first-order valence-electron chi connectivity index (χ1n) is 7.77. The Morgan fingerprint density at radius 1 is 0.826 bits per heavy atom. The second kappa shape index (κ2) is 5.54. The van der Waals surface area contributed by atoms with Crippen LogP contribution < -0.4 is 0 Å². The molecule has 116 valence electrons. The molecule has 2 aliphatic rings. The van der Waals surface area contributed by atoms with Gasteiger partial charge in [-0.3, -0.25) is 9.59 Å². The zero-order valence-corrected chi connectivity index (χ0v) is 12.5. The van der Waals surface area contributed by atoms with Gasteiger partial charge in [-0.2, -0.15) is 0 Å². The van der Waals surface area contributed by atoms with Gasteiger partial charge in [0.15, 0.2) is 11.6 Å². The number of carbonyl (C=O) groups excluding carboxylic acids is 2. The predicted molar refractivity (Wildman–Crippen MR) is 84.2 cm³/mol. The third-order valence-electron chi connectivity index (χ3n) is 4.60. The van der Waals surface area contributed by atoms with Crippen molar-refractivity contribution in [1.82, 2.24) is 0 Å². The number of allylic oxidation sites excluding steroid dienone is 2. The fourth-order valence-electron chi connectivity index (χ4n) is 3.52. The average Bonchev–Trinajstić information content (AvgIpc) is 3.22. The molecule has 0 N–H and O–H groups in total. The average molecular weight is 308 g/mol. The summed E-state index contributed by atoms with van der Waals surface area (Å²) in [5, 5.41) is 0. The summed E-state index contributed by atoms with van der Waals surface area (Å²) in [4.78, 5) is 25.3. The van der Waals surface area contributed by atoms with E-state index in [4.69, 9.17) is 8.83 Å². The second-order valence-corrected chi connectivity index (χ2v) is 6.14. The molecular formula is C19H16O4. The molecule has 4 rings (SSSR count). The first-order chi connectivity index (χ1) is 11.2. The molecule has 2 bridgehead atoms. The molecule has 0 unspecified atom stereocenters. The van der Waals surface area contributed by atoms with Gasteiger partial charge in [-0.1, -0.05) is 0 Å². The molecule has 2 fully saturated rings. The van der Waals surface area contributed by atoms with Crippen LogP contribution in [0.3, 0.4) is 0 Å². The van der Waals surface area contributed by atoms with Crippen molar-refractivity contribution in [3.05, 3.63) is 59.5 Å². The Labute approximate surface area is 133 Å². The molecule has 2 heterocycles. The molecule has 4 nitrogen and oxygen atoms in total. The fourth-order valence-corrected chi connectivity index (χ4v) is 3.52. The van der Waals surface area contributed by atoms with Crippen LogP contribution in [0.5, 0.6) is 0 Å². The zero-order valence-electron chi connectivity index (χ0n) is 12.5. The van der Waals surface area contributed by atoms with E-state index >= 15 is 0 Å². The van der Waals surface area contributed by atoms with Crippen LogP contribution in [0.2, 0.25) is 0 Å². The van der Waals surface area contributed by atoms with E-state index in [-0.39, 0.29) is 23.4 Å². The minimum Gasteiger partial charge on any atom is -0.465 e. The molecule has 0 spiro atoms. The zero-order chi connectivity index (χ0) is 15.8. The van der Waals surface area contributed by atoms with E-state index in [0.717, 1.165) is 0 Å². The van der Waals surface area contributed by atoms with Gasteiger partial charge in [-0.15, -0.1) is 0 Å². The first kappa shape index (κ1) is 14.0. The van der Waals surface area contributed by atoms with Crippen LogP contribution in [-0.4, -0.2) is 11.6 Å². The van der Waals surface area contributed by atoms with Gasteiger partial charge < -0.3 is 8.83 Å². The highest BCUT2D eigenvalue weighted by Gasteiger charge is 2.41. The van der Waals surface area contributed by atoms with Crippen molar-refractivity contribution < 1.29 is 18.4 Å². The maximum Gasteiger partial charge on any atom is 0.162 e. The molecule has 2 atom stereocenters. The lowest BCUT2D eigenvalue weighted by Gasteiger charge is -2.34. The number of ketones is 2. The van der Waals surface area contributed by atoms with Crippen molar-refractivity contribution in [1.29, 1.82) is 0 Å². The van der Waals surface area contributed by atoms with Crippen LogP contribution in [-0.2, 0) is 9.59 Å². The quantitative estimate of drug-likeness (QED) is 0.789. The van der Waals surface area contributed by atoms with Crippen LogP contribution in [0.25, 0.3) is 12.2 Å². The molecule has 0 aliphatic heterocycles. The molecule has 0 aromatic carbocycles. The van der Waals surface area contributed by atoms with Gasteiger partial charge in [0, 0.05) is 11.8 Å². The number of furan rings is 2. The Balaban J connectivity index is 1.63. The molecule has 23 heavy (non-hydrogen) atoms. The summed E-state index contributed by atoms with van der Waals surface area (Å²) < 4.78 is 10.6. The summed E-state index contributed by atoms with van der Waals surface area (Å²) >= 11 is 0. The van der Waals surface area contributed by atoms with Gasteiger partial charge >= 0.3 is 0 Å². The number of carbonyl (C=O) groups is 2. The van der Waals surface area contributed by atoms with E-state index in [9.17, 15) is 9.59 Å². The van der Waals surface area contributed by atoms with Gasteiger partial charge in [-0.05, 0) is 66.8 Å². The van der Waals surface area contributed by atoms with E-state index in [1.165, 1.54) is 0 Å². The van der Waals surface area contributed by atoms with Crippen molar-refractivity contribution in [2.75, 3.05) is 0 Å². The molecule has 4 heteroatoms. The maximum absolute atomic E-state index is 12.6. The number of rotatable bonds is 2. The van der Waals surface area contributed by atoms with Crippen LogP contribution in [0.1, 0.15) is 30.8 Å². The lowest BCUT2D eigenvalue weighted by molar-refractivity contribution is -0.127. The summed E-state index contributed by atoms with van der Waals surface area (Å²) in [6, 6.07) is 7.20. The maximum atomic E-state index is 12.6. The van der Waals surface area contributed by atoms with E-state index in [1.54, 1.807) is 36.8 Å². The predicted octanol–water partition coefficient (Wildman–Crippen LogP) is 3.91. The molecular weight excluding hydrogens is 292 g/mol. The first-order valence-corrected chi connectivity index (χ1v) is 7.77. The third kappa shape index (κ3) is 2.61. The lowest BCUT2D eigenvalue weighted by atomic mass is 9.67. The Hall–Kier alpha value is -2.62. The third-order valence-corrected chi connectivity index (χ3v) is 4.60. The van der Waals surface area contributed by atoms with Gasteiger partial charge in [0.25, 0.3) is 0 Å². The molecule has 2 aromatic heterocycles. The summed E-state index contributed by atoms with van der Waals surface area (Å²) in [5.74, 6) is 1.35. The van der Waals surface area contributed by atoms with Crippen LogP contribution >= 0.6 is 0 Å². The smallest absolute Gasteiger partial charge is 0.162 e. The Morgan fingerprint density at radius 2 is 1.30 bits per heavy atom. The van der Waals surface area contributed by atoms with Crippen LogP contribution in [0.4, 0.5) is 0 Å². The normalized spacial score (nSPS) is 27.8. The number of Topliss-reactive ketones (excluding diaryl/α,β-unsaturated/α-hetero) is 2. The van der Waals surface area contributed by atoms with E-state index < -0.39 is 0 Å². The molecule has 2 saturated carbocycles. The topological polar surface area (TPSA) is 60.4 Å². The van der Waals surface area contributed by atoms with Crippen LogP contribution in [0, 0.1) is 11.8 Å². The van der Waals surface area contributed by atoms with E-state index in [0.29, 0.717) is 41.9 Å². The standard InChI is InChI=1S/C19H16O4/c20-18-13-7-12(8-14(18)10-16-3-1-5-22-16)19(21)15(9-13)11-17-4-2-6-23-17/h1-6,10-13H,7-9H2/b14-10-,15-11+/t12-,13-/m0/s1. The molecule has 0 saturated heterocycles. The highest BCUT2D eigenvalue weighted by molar-refractivity contribution is 6.09.